The molecule has 2 aromatic carbocycles. The number of hydrogen-bond acceptors (Lipinski definition) is 3. The minimum absolute atomic E-state index is 0.310. The summed E-state index contributed by atoms with van der Waals surface area (Å²) in [5.41, 5.74) is 9.06. The topological polar surface area (TPSA) is 50.7 Å². The Kier molecular flexibility index (Phi) is 7.24. The van der Waals surface area contributed by atoms with Crippen LogP contribution in [0.25, 0.3) is 0 Å². The highest BCUT2D eigenvalue weighted by Crippen LogP contribution is 2.45. The molecule has 1 aliphatic heterocycles. The molecule has 1 heterocycles. The molecule has 1 unspecified atom stereocenters. The van der Waals surface area contributed by atoms with Gasteiger partial charge in [0.25, 0.3) is 0 Å². The van der Waals surface area contributed by atoms with Gasteiger partial charge < -0.3 is 5.73 Å². The van der Waals surface area contributed by atoms with E-state index in [4.69, 9.17) is 10.7 Å². The second-order valence-corrected chi connectivity index (χ2v) is 7.02. The van der Waals surface area contributed by atoms with Gasteiger partial charge in [-0.1, -0.05) is 61.7 Å². The van der Waals surface area contributed by atoms with Crippen molar-refractivity contribution < 1.29 is 4.39 Å². The minimum atomic E-state index is -0.706. The highest BCUT2D eigenvalue weighted by atomic mass is 79.9. The smallest absolute Gasteiger partial charge is 0.137 e. The molecule has 144 valence electrons. The van der Waals surface area contributed by atoms with Crippen LogP contribution in [0.15, 0.2) is 94.5 Å². The first-order valence-electron chi connectivity index (χ1n) is 8.69. The third-order valence-corrected chi connectivity index (χ3v) is 4.99. The van der Waals surface area contributed by atoms with E-state index < -0.39 is 5.54 Å². The fraction of sp³-hybridized carbons (Fsp3) is 0.130. The van der Waals surface area contributed by atoms with Crippen LogP contribution in [0.3, 0.4) is 0 Å². The molecule has 0 spiro atoms. The lowest BCUT2D eigenvalue weighted by Gasteiger charge is -2.29. The molecule has 5 heteroatoms. The van der Waals surface area contributed by atoms with Gasteiger partial charge in [0, 0.05) is 24.4 Å². The van der Waals surface area contributed by atoms with Gasteiger partial charge in [-0.15, -0.1) is 0 Å². The number of aliphatic imine (C=N–C) groups is 2. The van der Waals surface area contributed by atoms with Crippen LogP contribution in [0, 0.1) is 5.82 Å². The molecule has 28 heavy (non-hydrogen) atoms. The largest absolute Gasteiger partial charge is 0.383 e. The molecule has 1 aliphatic rings. The number of nitrogens with two attached hydrogens (primary N) is 1. The fourth-order valence-electron chi connectivity index (χ4n) is 3.11. The Bertz CT molecular complexity index is 962. The summed E-state index contributed by atoms with van der Waals surface area (Å²) in [7, 11) is 0. The molecule has 2 N–H and O–H groups in total. The number of halogens is 2. The molecule has 1 atom stereocenters. The summed E-state index contributed by atoms with van der Waals surface area (Å²) < 4.78 is 14.1. The van der Waals surface area contributed by atoms with E-state index >= 15 is 0 Å². The number of amidine groups is 1. The second kappa shape index (κ2) is 9.42. The average Bonchev–Trinajstić information content (AvgIpc) is 2.98. The van der Waals surface area contributed by atoms with Crippen LogP contribution in [0.4, 0.5) is 4.39 Å². The van der Waals surface area contributed by atoms with Gasteiger partial charge in [0.1, 0.15) is 17.2 Å². The quantitative estimate of drug-likeness (QED) is 0.457. The summed E-state index contributed by atoms with van der Waals surface area (Å²) in [5, 5.41) is 0. The van der Waals surface area contributed by atoms with Crippen LogP contribution in [-0.4, -0.2) is 12.1 Å². The monoisotopic (exact) mass is 439 g/mol. The van der Waals surface area contributed by atoms with Gasteiger partial charge in [0.2, 0.25) is 0 Å². The fourth-order valence-corrected chi connectivity index (χ4v) is 3.49. The molecule has 0 saturated carbocycles. The highest BCUT2D eigenvalue weighted by Gasteiger charge is 2.41. The number of allylic oxidation sites excluding steroid dienone is 1. The van der Waals surface area contributed by atoms with Gasteiger partial charge in [-0.3, -0.25) is 9.98 Å². The van der Waals surface area contributed by atoms with Crippen molar-refractivity contribution >= 4 is 28.0 Å². The summed E-state index contributed by atoms with van der Waals surface area (Å²) in [6, 6.07) is 12.8. The molecule has 0 bridgehead atoms. The van der Waals surface area contributed by atoms with E-state index in [1.54, 1.807) is 24.4 Å². The molecule has 2 aromatic rings. The van der Waals surface area contributed by atoms with E-state index in [1.165, 1.54) is 12.3 Å². The lowest BCUT2D eigenvalue weighted by atomic mass is 9.78. The van der Waals surface area contributed by atoms with Gasteiger partial charge in [0.05, 0.1) is 4.47 Å². The van der Waals surface area contributed by atoms with E-state index in [2.05, 4.69) is 40.7 Å². The molecule has 0 aliphatic carbocycles. The number of nitrogens with zero attached hydrogens (tertiary/aromatic N) is 2. The molecule has 3 rings (SSSR count). The van der Waals surface area contributed by atoms with Crippen molar-refractivity contribution in [2.45, 2.75) is 18.9 Å². The Morgan fingerprint density at radius 1 is 1.29 bits per heavy atom. The van der Waals surface area contributed by atoms with Gasteiger partial charge in [0.15, 0.2) is 0 Å². The lowest BCUT2D eigenvalue weighted by molar-refractivity contribution is 0.549. The van der Waals surface area contributed by atoms with Crippen LogP contribution >= 0.6 is 15.9 Å². The second-order valence-electron chi connectivity index (χ2n) is 6.16. The third kappa shape index (κ3) is 4.37. The Labute approximate surface area is 174 Å². The van der Waals surface area contributed by atoms with Crippen molar-refractivity contribution in [3.63, 3.8) is 0 Å². The van der Waals surface area contributed by atoms with E-state index in [9.17, 15) is 4.39 Å². The van der Waals surface area contributed by atoms with E-state index in [0.717, 1.165) is 22.3 Å². The molecule has 0 fully saturated rings. The Hall–Kier alpha value is -2.79. The molecule has 0 amide bonds. The van der Waals surface area contributed by atoms with Crippen molar-refractivity contribution in [1.82, 2.24) is 0 Å². The summed E-state index contributed by atoms with van der Waals surface area (Å²) in [6.45, 7) is 13.0. The maximum Gasteiger partial charge on any atom is 0.137 e. The van der Waals surface area contributed by atoms with Crippen molar-refractivity contribution in [1.29, 1.82) is 0 Å². The molecule has 0 aromatic heterocycles. The molecule has 0 saturated heterocycles. The highest BCUT2D eigenvalue weighted by molar-refractivity contribution is 9.10. The molecule has 3 nitrogen and oxygen atoms in total. The maximum atomic E-state index is 13.7. The Morgan fingerprint density at radius 2 is 2.00 bits per heavy atom. The zero-order chi connectivity index (χ0) is 20.7. The van der Waals surface area contributed by atoms with Crippen LogP contribution in [0.2, 0.25) is 0 Å². The Morgan fingerprint density at radius 3 is 2.57 bits per heavy atom. The van der Waals surface area contributed by atoms with Crippen LogP contribution in [-0.2, 0) is 5.54 Å². The van der Waals surface area contributed by atoms with Gasteiger partial charge >= 0.3 is 0 Å². The summed E-state index contributed by atoms with van der Waals surface area (Å²) >= 11 is 3.26. The van der Waals surface area contributed by atoms with Crippen LogP contribution in [0.5, 0.6) is 0 Å². The van der Waals surface area contributed by atoms with Gasteiger partial charge in [-0.2, -0.15) is 0 Å². The van der Waals surface area contributed by atoms with E-state index in [-0.39, 0.29) is 5.82 Å². The van der Waals surface area contributed by atoms with Crippen molar-refractivity contribution in [3.8, 4) is 0 Å². The van der Waals surface area contributed by atoms with Crippen LogP contribution in [0.1, 0.15) is 30.0 Å². The predicted molar refractivity (Wildman–Crippen MR) is 120 cm³/mol. The first kappa shape index (κ1) is 21.5. The van der Waals surface area contributed by atoms with Crippen molar-refractivity contribution in [3.05, 3.63) is 107 Å². The number of rotatable bonds is 5. The first-order chi connectivity index (χ1) is 13.4. The minimum Gasteiger partial charge on any atom is -0.383 e. The number of benzene rings is 2. The predicted octanol–water partition coefficient (Wildman–Crippen LogP) is 5.90. The molecular weight excluding hydrogens is 417 g/mol. The summed E-state index contributed by atoms with van der Waals surface area (Å²) in [4.78, 5) is 8.37. The zero-order valence-corrected chi connectivity index (χ0v) is 17.4. The summed E-state index contributed by atoms with van der Waals surface area (Å²) in [5.74, 6) is 0.174. The van der Waals surface area contributed by atoms with Crippen molar-refractivity contribution in [2.24, 2.45) is 15.7 Å². The number of fused-ring (bicyclic) bond motifs is 1. The van der Waals surface area contributed by atoms with Gasteiger partial charge in [-0.05, 0) is 46.1 Å². The average molecular weight is 440 g/mol. The normalized spacial score (nSPS) is 17.3. The van der Waals surface area contributed by atoms with Crippen molar-refractivity contribution in [2.75, 3.05) is 0 Å². The SMILES string of the molecule is C=CC(=C)CC1(c2ccc(F)c(Br)c2)N=C(N)c2ccccc21.C=CN=CC. The summed E-state index contributed by atoms with van der Waals surface area (Å²) in [6.07, 6.45) is 5.44. The maximum absolute atomic E-state index is 13.7. The first-order valence-corrected chi connectivity index (χ1v) is 9.48. The van der Waals surface area contributed by atoms with E-state index in [1.807, 2.05) is 31.2 Å². The van der Waals surface area contributed by atoms with Crippen LogP contribution < -0.4 is 5.73 Å². The molecule has 0 radical (unpaired) electrons. The molecular formula is C23H23BrFN3. The van der Waals surface area contributed by atoms with Gasteiger partial charge in [-0.25, -0.2) is 4.39 Å². The Balaban J connectivity index is 0.000000500. The third-order valence-electron chi connectivity index (χ3n) is 4.38. The van der Waals surface area contributed by atoms with E-state index in [0.29, 0.717) is 16.7 Å². The number of hydrogen-bond donors (Lipinski definition) is 1. The standard InChI is InChI=1S/C19H16BrFN2.C4H7N/c1-3-12(2)11-19(13-8-9-17(21)16(20)10-13)15-7-5-4-6-14(15)18(22)23-19;1-3-5-4-2/h3-10H,1-2,11H2,(H2,22,23);3-4H,1H2,2H3. The lowest BCUT2D eigenvalue weighted by Crippen LogP contribution is -2.24. The zero-order valence-electron chi connectivity index (χ0n) is 15.8.